The van der Waals surface area contributed by atoms with Crippen LogP contribution in [0.1, 0.15) is 32.3 Å². The molecule has 1 atom stereocenters. The van der Waals surface area contributed by atoms with Gasteiger partial charge in [-0.1, -0.05) is 55.3 Å². The van der Waals surface area contributed by atoms with E-state index in [0.29, 0.717) is 12.3 Å². The van der Waals surface area contributed by atoms with Crippen LogP contribution in [0.15, 0.2) is 77.7 Å². The average molecular weight is 602 g/mol. The Bertz CT molecular complexity index is 1420. The number of sulfonamides is 1. The Morgan fingerprint density at radius 2 is 1.66 bits per heavy atom. The predicted molar refractivity (Wildman–Crippen MR) is 160 cm³/mol. The summed E-state index contributed by atoms with van der Waals surface area (Å²) in [6.45, 7) is 3.58. The number of carbonyl (C=O) groups is 2. The lowest BCUT2D eigenvalue weighted by Crippen LogP contribution is -2.51. The van der Waals surface area contributed by atoms with Gasteiger partial charge in [-0.05, 0) is 61.4 Å². The van der Waals surface area contributed by atoms with E-state index in [1.54, 1.807) is 62.6 Å². The van der Waals surface area contributed by atoms with E-state index in [-0.39, 0.29) is 33.8 Å². The van der Waals surface area contributed by atoms with Crippen molar-refractivity contribution in [2.45, 2.75) is 44.2 Å². The predicted octanol–water partition coefficient (Wildman–Crippen LogP) is 4.89. The number of methoxy groups -OCH3 is 2. The number of halogens is 1. The number of hydrogen-bond acceptors (Lipinski definition) is 6. The zero-order chi connectivity index (χ0) is 30.0. The number of nitrogens with zero attached hydrogens (tertiary/aromatic N) is 2. The molecule has 0 saturated heterocycles. The molecule has 9 nitrogen and oxygen atoms in total. The minimum atomic E-state index is -4.25. The molecule has 1 N–H and O–H groups in total. The number of ether oxygens (including phenoxy) is 2. The van der Waals surface area contributed by atoms with Gasteiger partial charge in [0.2, 0.25) is 11.8 Å². The van der Waals surface area contributed by atoms with E-state index < -0.39 is 28.5 Å². The molecule has 0 heterocycles. The van der Waals surface area contributed by atoms with E-state index in [9.17, 15) is 18.0 Å². The van der Waals surface area contributed by atoms with Crippen molar-refractivity contribution in [3.63, 3.8) is 0 Å². The standard InChI is InChI=1S/C30H36ClN3O6S/c1-5-6-18-32-30(36)22(2)33(20-23-12-15-25(39-3)16-13-23)29(35)21-34(27-19-24(31)14-17-28(27)40-4)41(37,38)26-10-8-7-9-11-26/h7-17,19,22H,5-6,18,20-21H2,1-4H3,(H,32,36). The van der Waals surface area contributed by atoms with Crippen LogP contribution in [0.25, 0.3) is 0 Å². The highest BCUT2D eigenvalue weighted by molar-refractivity contribution is 7.92. The van der Waals surface area contributed by atoms with Crippen LogP contribution < -0.4 is 19.1 Å². The average Bonchev–Trinajstić information content (AvgIpc) is 2.98. The molecule has 41 heavy (non-hydrogen) atoms. The van der Waals surface area contributed by atoms with E-state index in [1.807, 2.05) is 6.92 Å². The summed E-state index contributed by atoms with van der Waals surface area (Å²) in [5.41, 5.74) is 0.840. The van der Waals surface area contributed by atoms with Gasteiger partial charge in [-0.3, -0.25) is 13.9 Å². The zero-order valence-electron chi connectivity index (χ0n) is 23.7. The van der Waals surface area contributed by atoms with Crippen molar-refractivity contribution >= 4 is 39.1 Å². The van der Waals surface area contributed by atoms with Crippen molar-refractivity contribution in [2.75, 3.05) is 31.6 Å². The molecule has 0 aliphatic carbocycles. The molecule has 0 saturated carbocycles. The maximum atomic E-state index is 14.0. The largest absolute Gasteiger partial charge is 0.497 e. The lowest BCUT2D eigenvalue weighted by Gasteiger charge is -2.32. The van der Waals surface area contributed by atoms with Crippen LogP contribution in [-0.4, -0.2) is 58.5 Å². The molecule has 3 aromatic carbocycles. The summed E-state index contributed by atoms with van der Waals surface area (Å²) in [6.07, 6.45) is 1.69. The van der Waals surface area contributed by atoms with Gasteiger partial charge in [0, 0.05) is 18.1 Å². The van der Waals surface area contributed by atoms with Gasteiger partial charge < -0.3 is 19.7 Å². The molecule has 3 aromatic rings. The molecule has 220 valence electrons. The number of nitrogens with one attached hydrogen (secondary N) is 1. The van der Waals surface area contributed by atoms with Gasteiger partial charge in [0.05, 0.1) is 24.8 Å². The maximum absolute atomic E-state index is 14.0. The smallest absolute Gasteiger partial charge is 0.264 e. The molecule has 0 spiro atoms. The Kier molecular flexibility index (Phi) is 11.4. The van der Waals surface area contributed by atoms with E-state index in [4.69, 9.17) is 21.1 Å². The van der Waals surface area contributed by atoms with Crippen LogP contribution >= 0.6 is 11.6 Å². The minimum absolute atomic E-state index is 0.0121. The number of hydrogen-bond donors (Lipinski definition) is 1. The molecular formula is C30H36ClN3O6S. The number of benzene rings is 3. The summed E-state index contributed by atoms with van der Waals surface area (Å²) in [5.74, 6) is -0.0578. The highest BCUT2D eigenvalue weighted by atomic mass is 35.5. The van der Waals surface area contributed by atoms with E-state index in [2.05, 4.69) is 5.32 Å². The van der Waals surface area contributed by atoms with Crippen LogP contribution in [0.3, 0.4) is 0 Å². The van der Waals surface area contributed by atoms with Crippen LogP contribution in [0.2, 0.25) is 5.02 Å². The zero-order valence-corrected chi connectivity index (χ0v) is 25.2. The second-order valence-electron chi connectivity index (χ2n) is 9.33. The summed E-state index contributed by atoms with van der Waals surface area (Å²) in [7, 11) is -1.29. The molecular weight excluding hydrogens is 566 g/mol. The van der Waals surface area contributed by atoms with Crippen LogP contribution in [0.4, 0.5) is 5.69 Å². The third kappa shape index (κ3) is 8.14. The minimum Gasteiger partial charge on any atom is -0.497 e. The first-order chi connectivity index (χ1) is 19.6. The first-order valence-corrected chi connectivity index (χ1v) is 15.1. The Morgan fingerprint density at radius 1 is 0.976 bits per heavy atom. The number of carbonyl (C=O) groups excluding carboxylic acids is 2. The summed E-state index contributed by atoms with van der Waals surface area (Å²) in [4.78, 5) is 28.5. The summed E-state index contributed by atoms with van der Waals surface area (Å²) >= 11 is 6.26. The molecule has 11 heteroatoms. The van der Waals surface area contributed by atoms with Gasteiger partial charge in [0.15, 0.2) is 0 Å². The van der Waals surface area contributed by atoms with Crippen molar-refractivity contribution in [1.29, 1.82) is 0 Å². The van der Waals surface area contributed by atoms with Crippen LogP contribution in [0, 0.1) is 0 Å². The molecule has 0 radical (unpaired) electrons. The second-order valence-corrected chi connectivity index (χ2v) is 11.6. The number of amides is 2. The Morgan fingerprint density at radius 3 is 2.27 bits per heavy atom. The first-order valence-electron chi connectivity index (χ1n) is 13.2. The van der Waals surface area contributed by atoms with Crippen molar-refractivity contribution in [1.82, 2.24) is 10.2 Å². The van der Waals surface area contributed by atoms with Crippen LogP contribution in [-0.2, 0) is 26.2 Å². The van der Waals surface area contributed by atoms with Gasteiger partial charge in [0.25, 0.3) is 10.0 Å². The molecule has 1 unspecified atom stereocenters. The van der Waals surface area contributed by atoms with Gasteiger partial charge in [-0.25, -0.2) is 8.42 Å². The number of rotatable bonds is 14. The summed E-state index contributed by atoms with van der Waals surface area (Å²) < 4.78 is 39.5. The summed E-state index contributed by atoms with van der Waals surface area (Å²) in [6, 6.07) is 18.5. The quantitative estimate of drug-likeness (QED) is 0.264. The van der Waals surface area contributed by atoms with Crippen molar-refractivity contribution in [2.24, 2.45) is 0 Å². The number of anilines is 1. The fraction of sp³-hybridized carbons (Fsp3) is 0.333. The van der Waals surface area contributed by atoms with Crippen molar-refractivity contribution in [3.8, 4) is 11.5 Å². The molecule has 0 aromatic heterocycles. The molecule has 0 aliphatic rings. The maximum Gasteiger partial charge on any atom is 0.264 e. The van der Waals surface area contributed by atoms with Gasteiger partial charge in [-0.15, -0.1) is 0 Å². The lowest BCUT2D eigenvalue weighted by atomic mass is 10.1. The van der Waals surface area contributed by atoms with E-state index in [1.165, 1.54) is 36.3 Å². The molecule has 0 aliphatic heterocycles. The fourth-order valence-corrected chi connectivity index (χ4v) is 5.74. The highest BCUT2D eigenvalue weighted by Crippen LogP contribution is 2.35. The highest BCUT2D eigenvalue weighted by Gasteiger charge is 2.34. The SMILES string of the molecule is CCCCNC(=O)C(C)N(Cc1ccc(OC)cc1)C(=O)CN(c1cc(Cl)ccc1OC)S(=O)(=O)c1ccccc1. The molecule has 2 amide bonds. The van der Waals surface area contributed by atoms with Crippen molar-refractivity contribution in [3.05, 3.63) is 83.4 Å². The molecule has 0 fully saturated rings. The fourth-order valence-electron chi connectivity index (χ4n) is 4.14. The Balaban J connectivity index is 2.05. The van der Waals surface area contributed by atoms with E-state index >= 15 is 0 Å². The van der Waals surface area contributed by atoms with E-state index in [0.717, 1.165) is 22.7 Å². The third-order valence-electron chi connectivity index (χ3n) is 6.53. The topological polar surface area (TPSA) is 105 Å². The monoisotopic (exact) mass is 601 g/mol. The molecule has 0 bridgehead atoms. The molecule has 3 rings (SSSR count). The van der Waals surface area contributed by atoms with Gasteiger partial charge >= 0.3 is 0 Å². The van der Waals surface area contributed by atoms with Crippen molar-refractivity contribution < 1.29 is 27.5 Å². The normalized spacial score (nSPS) is 11.8. The Hall–Kier alpha value is -3.76. The van der Waals surface area contributed by atoms with Crippen LogP contribution in [0.5, 0.6) is 11.5 Å². The number of unbranched alkanes of at least 4 members (excludes halogenated alkanes) is 1. The second kappa shape index (κ2) is 14.7. The first kappa shape index (κ1) is 31.8. The summed E-state index contributed by atoms with van der Waals surface area (Å²) in [5, 5.41) is 3.13. The lowest BCUT2D eigenvalue weighted by molar-refractivity contribution is -0.139. The Labute approximate surface area is 247 Å². The third-order valence-corrected chi connectivity index (χ3v) is 8.54. The van der Waals surface area contributed by atoms with Gasteiger partial charge in [-0.2, -0.15) is 0 Å². The van der Waals surface area contributed by atoms with Gasteiger partial charge in [0.1, 0.15) is 24.1 Å².